The van der Waals surface area contributed by atoms with Crippen molar-refractivity contribution in [2.24, 2.45) is 4.99 Å². The Morgan fingerprint density at radius 1 is 1.45 bits per heavy atom. The third-order valence-corrected chi connectivity index (χ3v) is 2.85. The van der Waals surface area contributed by atoms with Crippen LogP contribution in [0.25, 0.3) is 0 Å². The van der Waals surface area contributed by atoms with Gasteiger partial charge in [0, 0.05) is 31.3 Å². The molecule has 112 valence electrons. The third-order valence-electron chi connectivity index (χ3n) is 2.85. The highest BCUT2D eigenvalue weighted by molar-refractivity contribution is 14.0. The van der Waals surface area contributed by atoms with Crippen LogP contribution in [0.3, 0.4) is 0 Å². The van der Waals surface area contributed by atoms with Crippen molar-refractivity contribution in [1.82, 2.24) is 10.6 Å². The lowest BCUT2D eigenvalue weighted by atomic mass is 10.2. The van der Waals surface area contributed by atoms with E-state index in [9.17, 15) is 10.1 Å². The molecule has 0 bridgehead atoms. The van der Waals surface area contributed by atoms with Crippen LogP contribution in [0.15, 0.2) is 29.3 Å². The largest absolute Gasteiger partial charge is 0.354 e. The van der Waals surface area contributed by atoms with E-state index in [1.807, 2.05) is 0 Å². The Morgan fingerprint density at radius 3 is 2.65 bits per heavy atom. The van der Waals surface area contributed by atoms with E-state index in [0.29, 0.717) is 24.1 Å². The van der Waals surface area contributed by atoms with Crippen molar-refractivity contribution in [3.05, 3.63) is 39.9 Å². The number of nitro groups is 1. The van der Waals surface area contributed by atoms with Gasteiger partial charge in [0.2, 0.25) is 0 Å². The lowest BCUT2D eigenvalue weighted by Gasteiger charge is -2.16. The highest BCUT2D eigenvalue weighted by Gasteiger charge is 2.12. The van der Waals surface area contributed by atoms with E-state index >= 15 is 0 Å². The van der Waals surface area contributed by atoms with Gasteiger partial charge in [0.15, 0.2) is 5.96 Å². The first-order valence-electron chi connectivity index (χ1n) is 6.28. The third kappa shape index (κ3) is 5.72. The fraction of sp³-hybridized carbons (Fsp3) is 0.462. The summed E-state index contributed by atoms with van der Waals surface area (Å²) in [6.07, 6.45) is 0.978. The molecule has 6 nitrogen and oxygen atoms in total. The Balaban J connectivity index is 0.00000361. The van der Waals surface area contributed by atoms with E-state index in [0.717, 1.165) is 6.42 Å². The summed E-state index contributed by atoms with van der Waals surface area (Å²) in [4.78, 5) is 14.6. The number of guanidine groups is 1. The smallest absolute Gasteiger partial charge is 0.274 e. The molecule has 7 heteroatoms. The van der Waals surface area contributed by atoms with Crippen molar-refractivity contribution in [2.75, 3.05) is 7.05 Å². The molecule has 1 aromatic carbocycles. The molecule has 0 saturated carbocycles. The number of hydrogen-bond donors (Lipinski definition) is 2. The standard InChI is InChI=1S/C13H20N4O2.HI/c1-4-10(2)16-13(14-3)15-9-11-7-5-6-8-12(11)17(18)19;/h5-8,10H,4,9H2,1-3H3,(H2,14,15,16);1H. The number of para-hydroxylation sites is 1. The number of hydrogen-bond acceptors (Lipinski definition) is 3. The van der Waals surface area contributed by atoms with Crippen LogP contribution < -0.4 is 10.6 Å². The van der Waals surface area contributed by atoms with Crippen LogP contribution in [0, 0.1) is 10.1 Å². The van der Waals surface area contributed by atoms with E-state index < -0.39 is 0 Å². The van der Waals surface area contributed by atoms with Gasteiger partial charge >= 0.3 is 0 Å². The van der Waals surface area contributed by atoms with Crippen molar-refractivity contribution in [2.45, 2.75) is 32.9 Å². The fourth-order valence-corrected chi connectivity index (χ4v) is 1.55. The maximum absolute atomic E-state index is 10.9. The van der Waals surface area contributed by atoms with Gasteiger partial charge in [-0.05, 0) is 13.3 Å². The molecule has 1 aromatic rings. The zero-order chi connectivity index (χ0) is 14.3. The van der Waals surface area contributed by atoms with Crippen LogP contribution in [0.1, 0.15) is 25.8 Å². The van der Waals surface area contributed by atoms with Gasteiger partial charge in [-0.15, -0.1) is 24.0 Å². The first-order chi connectivity index (χ1) is 9.08. The summed E-state index contributed by atoms with van der Waals surface area (Å²) >= 11 is 0. The first-order valence-corrected chi connectivity index (χ1v) is 6.28. The zero-order valence-corrected chi connectivity index (χ0v) is 14.3. The molecule has 0 aromatic heterocycles. The number of nitrogens with zero attached hydrogens (tertiary/aromatic N) is 2. The normalized spacial score (nSPS) is 12.2. The van der Waals surface area contributed by atoms with Gasteiger partial charge in [0.25, 0.3) is 5.69 Å². The summed E-state index contributed by atoms with van der Waals surface area (Å²) < 4.78 is 0. The summed E-state index contributed by atoms with van der Waals surface area (Å²) in [5.41, 5.74) is 0.758. The highest BCUT2D eigenvalue weighted by atomic mass is 127. The molecule has 1 unspecified atom stereocenters. The molecule has 0 aliphatic rings. The second-order valence-corrected chi connectivity index (χ2v) is 4.27. The molecule has 0 heterocycles. The van der Waals surface area contributed by atoms with Crippen LogP contribution in [0.4, 0.5) is 5.69 Å². The van der Waals surface area contributed by atoms with Gasteiger partial charge in [0.05, 0.1) is 4.92 Å². The van der Waals surface area contributed by atoms with Gasteiger partial charge in [0.1, 0.15) is 0 Å². The summed E-state index contributed by atoms with van der Waals surface area (Å²) in [6.45, 7) is 4.50. The van der Waals surface area contributed by atoms with Crippen LogP contribution in [0.5, 0.6) is 0 Å². The molecule has 1 rings (SSSR count). The Bertz CT molecular complexity index is 465. The molecule has 0 radical (unpaired) electrons. The first kappa shape index (κ1) is 18.6. The maximum atomic E-state index is 10.9. The predicted molar refractivity (Wildman–Crippen MR) is 91.6 cm³/mol. The van der Waals surface area contributed by atoms with E-state index in [2.05, 4.69) is 29.5 Å². The average molecular weight is 392 g/mol. The second kappa shape index (κ2) is 9.51. The number of nitro benzene ring substituents is 1. The monoisotopic (exact) mass is 392 g/mol. The minimum Gasteiger partial charge on any atom is -0.354 e. The number of halogens is 1. The minimum absolute atomic E-state index is 0. The molecule has 2 N–H and O–H groups in total. The van der Waals surface area contributed by atoms with E-state index in [1.165, 1.54) is 6.07 Å². The summed E-state index contributed by atoms with van der Waals surface area (Å²) in [5, 5.41) is 17.2. The summed E-state index contributed by atoms with van der Waals surface area (Å²) in [7, 11) is 1.68. The lowest BCUT2D eigenvalue weighted by molar-refractivity contribution is -0.385. The van der Waals surface area contributed by atoms with Crippen molar-refractivity contribution >= 4 is 35.6 Å². The molecule has 0 fully saturated rings. The Labute approximate surface area is 136 Å². The Hall–Kier alpha value is -1.38. The Morgan fingerprint density at radius 2 is 2.10 bits per heavy atom. The van der Waals surface area contributed by atoms with Crippen molar-refractivity contribution in [3.63, 3.8) is 0 Å². The number of aliphatic imine (C=N–C) groups is 1. The SMILES string of the molecule is CCC(C)NC(=NC)NCc1ccccc1[N+](=O)[O-].I. The average Bonchev–Trinajstić information content (AvgIpc) is 2.43. The molecule has 0 aliphatic carbocycles. The quantitative estimate of drug-likeness (QED) is 0.266. The van der Waals surface area contributed by atoms with Crippen molar-refractivity contribution < 1.29 is 4.92 Å². The maximum Gasteiger partial charge on any atom is 0.274 e. The molecular weight excluding hydrogens is 371 g/mol. The van der Waals surface area contributed by atoms with E-state index in [4.69, 9.17) is 0 Å². The van der Waals surface area contributed by atoms with E-state index in [1.54, 1.807) is 25.2 Å². The molecule has 1 atom stereocenters. The van der Waals surface area contributed by atoms with E-state index in [-0.39, 0.29) is 34.6 Å². The van der Waals surface area contributed by atoms with Crippen LogP contribution >= 0.6 is 24.0 Å². The molecule has 0 amide bonds. The second-order valence-electron chi connectivity index (χ2n) is 4.27. The fourth-order valence-electron chi connectivity index (χ4n) is 1.55. The molecule has 20 heavy (non-hydrogen) atoms. The van der Waals surface area contributed by atoms with Gasteiger partial charge < -0.3 is 10.6 Å². The zero-order valence-electron chi connectivity index (χ0n) is 11.9. The van der Waals surface area contributed by atoms with Gasteiger partial charge in [-0.1, -0.05) is 25.1 Å². The summed E-state index contributed by atoms with van der Waals surface area (Å²) in [6, 6.07) is 6.99. The molecule has 0 aliphatic heterocycles. The van der Waals surface area contributed by atoms with Crippen LogP contribution in [-0.4, -0.2) is 24.0 Å². The highest BCUT2D eigenvalue weighted by Crippen LogP contribution is 2.16. The minimum atomic E-state index is -0.373. The van der Waals surface area contributed by atoms with Crippen molar-refractivity contribution in [1.29, 1.82) is 0 Å². The predicted octanol–water partition coefficient (Wildman–Crippen LogP) is 2.68. The topological polar surface area (TPSA) is 79.6 Å². The van der Waals surface area contributed by atoms with Gasteiger partial charge in [-0.2, -0.15) is 0 Å². The molecular formula is C13H21IN4O2. The summed E-state index contributed by atoms with van der Waals surface area (Å²) in [5.74, 6) is 0.646. The van der Waals surface area contributed by atoms with Gasteiger partial charge in [-0.3, -0.25) is 15.1 Å². The Kier molecular flexibility index (Phi) is 8.86. The lowest BCUT2D eigenvalue weighted by Crippen LogP contribution is -2.41. The molecule has 0 spiro atoms. The van der Waals surface area contributed by atoms with Crippen molar-refractivity contribution in [3.8, 4) is 0 Å². The number of nitrogens with one attached hydrogen (secondary N) is 2. The van der Waals surface area contributed by atoms with Crippen LogP contribution in [-0.2, 0) is 6.54 Å². The van der Waals surface area contributed by atoms with Gasteiger partial charge in [-0.25, -0.2) is 0 Å². The number of rotatable bonds is 5. The van der Waals surface area contributed by atoms with Crippen LogP contribution in [0.2, 0.25) is 0 Å². The number of benzene rings is 1. The molecule has 0 saturated heterocycles.